The smallest absolute Gasteiger partial charge is 0.337 e. The molecule has 1 heterocycles. The number of benzene rings is 2. The molecule has 0 unspecified atom stereocenters. The van der Waals surface area contributed by atoms with Gasteiger partial charge in [0.2, 0.25) is 0 Å². The van der Waals surface area contributed by atoms with Crippen LogP contribution in [0.15, 0.2) is 53.1 Å². The molecule has 32 heavy (non-hydrogen) atoms. The Morgan fingerprint density at radius 3 is 2.47 bits per heavy atom. The van der Waals surface area contributed by atoms with Gasteiger partial charge in [-0.2, -0.15) is 4.98 Å². The Bertz CT molecular complexity index is 1030. The summed E-state index contributed by atoms with van der Waals surface area (Å²) in [6, 6.07) is 14.0. The van der Waals surface area contributed by atoms with Gasteiger partial charge < -0.3 is 24.2 Å². The van der Waals surface area contributed by atoms with Crippen LogP contribution < -0.4 is 10.1 Å². The van der Waals surface area contributed by atoms with Crippen LogP contribution in [0.4, 0.5) is 10.5 Å². The number of nitrogens with zero attached hydrogens (tertiary/aromatic N) is 3. The van der Waals surface area contributed by atoms with Crippen molar-refractivity contribution >= 4 is 17.7 Å². The lowest BCUT2D eigenvalue weighted by Gasteiger charge is -2.17. The van der Waals surface area contributed by atoms with E-state index in [9.17, 15) is 9.59 Å². The highest BCUT2D eigenvalue weighted by Crippen LogP contribution is 2.14. The Morgan fingerprint density at radius 1 is 1.09 bits per heavy atom. The number of ether oxygens (including phenoxy) is 2. The van der Waals surface area contributed by atoms with Crippen molar-refractivity contribution in [2.24, 2.45) is 0 Å². The first kappa shape index (κ1) is 22.8. The molecule has 0 atom stereocenters. The maximum Gasteiger partial charge on any atom is 0.337 e. The topological polar surface area (TPSA) is 107 Å². The van der Waals surface area contributed by atoms with Crippen LogP contribution in [0.2, 0.25) is 0 Å². The molecule has 9 nitrogen and oxygen atoms in total. The van der Waals surface area contributed by atoms with Gasteiger partial charge in [-0.25, -0.2) is 9.59 Å². The number of aromatic nitrogens is 2. The van der Waals surface area contributed by atoms with E-state index in [1.807, 2.05) is 24.3 Å². The van der Waals surface area contributed by atoms with Gasteiger partial charge in [-0.1, -0.05) is 24.2 Å². The van der Waals surface area contributed by atoms with E-state index in [1.54, 1.807) is 31.3 Å². The highest BCUT2D eigenvalue weighted by Gasteiger charge is 2.13. The fourth-order valence-electron chi connectivity index (χ4n) is 2.81. The van der Waals surface area contributed by atoms with Crippen LogP contribution in [0.1, 0.15) is 34.6 Å². The molecule has 0 fully saturated rings. The van der Waals surface area contributed by atoms with Crippen molar-refractivity contribution < 1.29 is 23.6 Å². The second-order valence-corrected chi connectivity index (χ2v) is 7.06. The Balaban J connectivity index is 1.44. The number of anilines is 1. The summed E-state index contributed by atoms with van der Waals surface area (Å²) in [6.07, 6.45) is 1.40. The van der Waals surface area contributed by atoms with Gasteiger partial charge in [-0.3, -0.25) is 0 Å². The van der Waals surface area contributed by atoms with E-state index in [2.05, 4.69) is 27.1 Å². The molecule has 3 rings (SSSR count). The molecule has 0 saturated carbocycles. The van der Waals surface area contributed by atoms with E-state index in [0.717, 1.165) is 12.2 Å². The molecular formula is C23H26N4O5. The summed E-state index contributed by atoms with van der Waals surface area (Å²) >= 11 is 0. The standard InChI is InChI=1S/C23H26N4O5/c1-4-16-5-11-19(12-6-16)31-15-21-25-20(26-32-21)13-14-27(2)23(29)24-18-9-7-17(8-10-18)22(28)30-3/h5-12H,4,13-15H2,1-3H3,(H,24,29). The molecule has 9 heteroatoms. The number of likely N-dealkylation sites (N-methyl/N-ethyl adjacent to an activating group) is 1. The second-order valence-electron chi connectivity index (χ2n) is 7.06. The third-order valence-electron chi connectivity index (χ3n) is 4.78. The van der Waals surface area contributed by atoms with E-state index in [0.29, 0.717) is 35.9 Å². The van der Waals surface area contributed by atoms with E-state index in [1.165, 1.54) is 17.6 Å². The highest BCUT2D eigenvalue weighted by molar-refractivity contribution is 5.92. The lowest BCUT2D eigenvalue weighted by molar-refractivity contribution is 0.0600. The maximum absolute atomic E-state index is 12.4. The Kier molecular flexibility index (Phi) is 7.80. The fraction of sp³-hybridized carbons (Fsp3) is 0.304. The van der Waals surface area contributed by atoms with Crippen molar-refractivity contribution in [2.45, 2.75) is 26.4 Å². The molecule has 0 bridgehead atoms. The van der Waals surface area contributed by atoms with Crippen LogP contribution in [0.25, 0.3) is 0 Å². The molecule has 0 saturated heterocycles. The summed E-state index contributed by atoms with van der Waals surface area (Å²) in [5.41, 5.74) is 2.22. The summed E-state index contributed by atoms with van der Waals surface area (Å²) in [7, 11) is 2.99. The second kappa shape index (κ2) is 10.9. The first-order chi connectivity index (χ1) is 15.5. The van der Waals surface area contributed by atoms with Gasteiger partial charge >= 0.3 is 12.0 Å². The third-order valence-corrected chi connectivity index (χ3v) is 4.78. The molecule has 0 radical (unpaired) electrons. The van der Waals surface area contributed by atoms with Crippen molar-refractivity contribution in [3.8, 4) is 5.75 Å². The summed E-state index contributed by atoms with van der Waals surface area (Å²) in [5, 5.41) is 6.70. The van der Waals surface area contributed by atoms with Gasteiger partial charge in [-0.05, 0) is 48.4 Å². The minimum atomic E-state index is -0.431. The van der Waals surface area contributed by atoms with Crippen LogP contribution in [-0.2, 0) is 24.2 Å². The molecule has 0 aliphatic heterocycles. The summed E-state index contributed by atoms with van der Waals surface area (Å²) in [4.78, 5) is 29.6. The normalized spacial score (nSPS) is 10.5. The van der Waals surface area contributed by atoms with E-state index in [-0.39, 0.29) is 12.6 Å². The predicted octanol–water partition coefficient (Wildman–Crippen LogP) is 3.70. The quantitative estimate of drug-likeness (QED) is 0.508. The maximum atomic E-state index is 12.4. The number of methoxy groups -OCH3 is 1. The number of urea groups is 1. The summed E-state index contributed by atoms with van der Waals surface area (Å²) in [5.74, 6) is 1.17. The number of carbonyl (C=O) groups is 2. The van der Waals surface area contributed by atoms with Gasteiger partial charge in [0, 0.05) is 25.7 Å². The Labute approximate surface area is 186 Å². The summed E-state index contributed by atoms with van der Waals surface area (Å²) in [6.45, 7) is 2.67. The number of esters is 1. The predicted molar refractivity (Wildman–Crippen MR) is 118 cm³/mol. The monoisotopic (exact) mass is 438 g/mol. The van der Waals surface area contributed by atoms with Crippen molar-refractivity contribution in [1.29, 1.82) is 0 Å². The Morgan fingerprint density at radius 2 is 1.81 bits per heavy atom. The third kappa shape index (κ3) is 6.31. The molecule has 0 spiro atoms. The van der Waals surface area contributed by atoms with Crippen molar-refractivity contribution in [1.82, 2.24) is 15.0 Å². The average Bonchev–Trinajstić information content (AvgIpc) is 3.29. The van der Waals surface area contributed by atoms with E-state index >= 15 is 0 Å². The Hall–Kier alpha value is -3.88. The van der Waals surface area contributed by atoms with Gasteiger partial charge in [0.05, 0.1) is 12.7 Å². The van der Waals surface area contributed by atoms with Crippen molar-refractivity contribution in [3.05, 3.63) is 71.4 Å². The zero-order valence-corrected chi connectivity index (χ0v) is 18.3. The first-order valence-corrected chi connectivity index (χ1v) is 10.2. The van der Waals surface area contributed by atoms with Crippen LogP contribution in [0, 0.1) is 0 Å². The van der Waals surface area contributed by atoms with Crippen LogP contribution in [0.5, 0.6) is 5.75 Å². The largest absolute Gasteiger partial charge is 0.484 e. The molecule has 2 aromatic carbocycles. The number of nitrogens with one attached hydrogen (secondary N) is 1. The van der Waals surface area contributed by atoms with Crippen LogP contribution in [-0.4, -0.2) is 47.7 Å². The zero-order valence-electron chi connectivity index (χ0n) is 18.3. The lowest BCUT2D eigenvalue weighted by atomic mass is 10.2. The van der Waals surface area contributed by atoms with Crippen LogP contribution >= 0.6 is 0 Å². The summed E-state index contributed by atoms with van der Waals surface area (Å²) < 4.78 is 15.5. The van der Waals surface area contributed by atoms with Gasteiger partial charge in [0.15, 0.2) is 12.4 Å². The number of hydrogen-bond donors (Lipinski definition) is 1. The number of aryl methyl sites for hydroxylation is 1. The minimum absolute atomic E-state index is 0.177. The molecule has 1 aromatic heterocycles. The number of amides is 2. The lowest BCUT2D eigenvalue weighted by Crippen LogP contribution is -2.33. The SMILES string of the molecule is CCc1ccc(OCc2nc(CCN(C)C(=O)Nc3ccc(C(=O)OC)cc3)no2)cc1. The molecular weight excluding hydrogens is 412 g/mol. The molecule has 2 amide bonds. The van der Waals surface area contributed by atoms with Gasteiger partial charge in [-0.15, -0.1) is 0 Å². The first-order valence-electron chi connectivity index (χ1n) is 10.2. The number of hydrogen-bond acceptors (Lipinski definition) is 7. The zero-order chi connectivity index (χ0) is 22.9. The fourth-order valence-corrected chi connectivity index (χ4v) is 2.81. The molecule has 1 N–H and O–H groups in total. The van der Waals surface area contributed by atoms with Gasteiger partial charge in [0.25, 0.3) is 5.89 Å². The molecule has 0 aliphatic rings. The highest BCUT2D eigenvalue weighted by atomic mass is 16.5. The number of carbonyl (C=O) groups excluding carboxylic acids is 2. The van der Waals surface area contributed by atoms with Crippen LogP contribution in [0.3, 0.4) is 0 Å². The van der Waals surface area contributed by atoms with Crippen molar-refractivity contribution in [3.63, 3.8) is 0 Å². The van der Waals surface area contributed by atoms with E-state index < -0.39 is 5.97 Å². The van der Waals surface area contributed by atoms with Crippen molar-refractivity contribution in [2.75, 3.05) is 26.0 Å². The average molecular weight is 438 g/mol. The number of rotatable bonds is 9. The molecule has 168 valence electrons. The molecule has 0 aliphatic carbocycles. The molecule has 3 aromatic rings. The van der Waals surface area contributed by atoms with E-state index in [4.69, 9.17) is 9.26 Å². The minimum Gasteiger partial charge on any atom is -0.484 e. The van der Waals surface area contributed by atoms with Gasteiger partial charge in [0.1, 0.15) is 5.75 Å².